The molecule has 3 rings (SSSR count). The normalized spacial score (nSPS) is 12.3. The van der Waals surface area contributed by atoms with E-state index in [-0.39, 0.29) is 10.6 Å². The predicted molar refractivity (Wildman–Crippen MR) is 99.2 cm³/mol. The Balaban J connectivity index is 1.93. The van der Waals surface area contributed by atoms with Gasteiger partial charge in [-0.2, -0.15) is 18.4 Å². The van der Waals surface area contributed by atoms with Crippen molar-refractivity contribution in [3.8, 4) is 5.75 Å². The average Bonchev–Trinajstić information content (AvgIpc) is 2.63. The first-order valence-electron chi connectivity index (χ1n) is 7.87. The summed E-state index contributed by atoms with van der Waals surface area (Å²) in [5.74, 6) is 0.0630. The van der Waals surface area contributed by atoms with Crippen LogP contribution in [0, 0.1) is 0 Å². The van der Waals surface area contributed by atoms with Gasteiger partial charge in [0.15, 0.2) is 0 Å². The lowest BCUT2D eigenvalue weighted by Gasteiger charge is -2.09. The molecule has 0 atom stereocenters. The molecule has 0 spiro atoms. The second kappa shape index (κ2) is 6.94. The molecule has 0 unspecified atom stereocenters. The highest BCUT2D eigenvalue weighted by Crippen LogP contribution is 2.20. The van der Waals surface area contributed by atoms with Gasteiger partial charge < -0.3 is 5.11 Å². The first-order valence-corrected chi connectivity index (χ1v) is 9.35. The number of nitrogens with zero attached hydrogens (tertiary/aromatic N) is 1. The lowest BCUT2D eigenvalue weighted by Crippen LogP contribution is -2.20. The van der Waals surface area contributed by atoms with Crippen molar-refractivity contribution in [3.63, 3.8) is 0 Å². The van der Waals surface area contributed by atoms with E-state index in [1.165, 1.54) is 0 Å². The van der Waals surface area contributed by atoms with Crippen molar-refractivity contribution in [2.75, 3.05) is 0 Å². The van der Waals surface area contributed by atoms with Crippen molar-refractivity contribution in [2.24, 2.45) is 5.10 Å². The van der Waals surface area contributed by atoms with Crippen molar-refractivity contribution < 1.29 is 13.5 Å². The molecule has 0 aliphatic heterocycles. The van der Waals surface area contributed by atoms with Crippen molar-refractivity contribution in [1.82, 2.24) is 4.83 Å². The molecule has 0 saturated heterocycles. The summed E-state index contributed by atoms with van der Waals surface area (Å²) in [6, 6.07) is 19.2. The Morgan fingerprint density at radius 1 is 1.00 bits per heavy atom. The van der Waals surface area contributed by atoms with Crippen LogP contribution in [0.2, 0.25) is 0 Å². The van der Waals surface area contributed by atoms with Crippen LogP contribution < -0.4 is 4.83 Å². The molecule has 0 radical (unpaired) electrons. The van der Waals surface area contributed by atoms with Gasteiger partial charge in [0.25, 0.3) is 10.0 Å². The second-order valence-electron chi connectivity index (χ2n) is 5.53. The van der Waals surface area contributed by atoms with Crippen LogP contribution in [0.25, 0.3) is 10.8 Å². The Hall–Kier alpha value is -2.86. The van der Waals surface area contributed by atoms with E-state index >= 15 is 0 Å². The topological polar surface area (TPSA) is 78.8 Å². The van der Waals surface area contributed by atoms with Gasteiger partial charge >= 0.3 is 0 Å². The fourth-order valence-corrected chi connectivity index (χ4v) is 3.41. The van der Waals surface area contributed by atoms with E-state index in [2.05, 4.69) is 9.93 Å². The number of para-hydroxylation sites is 1. The van der Waals surface area contributed by atoms with Crippen LogP contribution in [0.3, 0.4) is 0 Å². The summed E-state index contributed by atoms with van der Waals surface area (Å²) in [4.78, 5) is 2.41. The SMILES string of the molecule is CC/C(=N\NS(=O)(=O)c1ccc2ccccc2c1)c1ccccc1O. The fourth-order valence-electron chi connectivity index (χ4n) is 2.55. The molecule has 0 aliphatic rings. The van der Waals surface area contributed by atoms with E-state index in [1.807, 2.05) is 31.2 Å². The Morgan fingerprint density at radius 2 is 1.68 bits per heavy atom. The minimum absolute atomic E-state index is 0.0630. The van der Waals surface area contributed by atoms with Gasteiger partial charge in [-0.1, -0.05) is 49.4 Å². The summed E-state index contributed by atoms with van der Waals surface area (Å²) in [5, 5.41) is 15.7. The number of benzene rings is 3. The monoisotopic (exact) mass is 354 g/mol. The van der Waals surface area contributed by atoms with E-state index in [9.17, 15) is 13.5 Å². The predicted octanol–water partition coefficient (Wildman–Crippen LogP) is 3.64. The maximum absolute atomic E-state index is 12.5. The minimum atomic E-state index is -3.80. The third kappa shape index (κ3) is 3.64. The number of phenols is 1. The van der Waals surface area contributed by atoms with Crippen LogP contribution in [0.4, 0.5) is 0 Å². The van der Waals surface area contributed by atoms with Crippen molar-refractivity contribution >= 4 is 26.5 Å². The zero-order valence-corrected chi connectivity index (χ0v) is 14.5. The standard InChI is InChI=1S/C19H18N2O3S/c1-2-18(17-9-5-6-10-19(17)22)20-21-25(23,24)16-12-11-14-7-3-4-8-15(14)13-16/h3-13,21-22H,2H2,1H3/b20-18+. The molecule has 0 aliphatic carbocycles. The third-order valence-corrected chi connectivity index (χ3v) is 5.09. The average molecular weight is 354 g/mol. The molecule has 128 valence electrons. The summed E-state index contributed by atoms with van der Waals surface area (Å²) in [6.07, 6.45) is 0.470. The summed E-state index contributed by atoms with van der Waals surface area (Å²) < 4.78 is 25.1. The van der Waals surface area contributed by atoms with Gasteiger partial charge in [0.05, 0.1) is 10.6 Å². The first-order chi connectivity index (χ1) is 12.0. The lowest BCUT2D eigenvalue weighted by molar-refractivity contribution is 0.474. The second-order valence-corrected chi connectivity index (χ2v) is 7.19. The van der Waals surface area contributed by atoms with Crippen LogP contribution in [0.1, 0.15) is 18.9 Å². The van der Waals surface area contributed by atoms with Gasteiger partial charge in [-0.15, -0.1) is 0 Å². The minimum Gasteiger partial charge on any atom is -0.507 e. The maximum Gasteiger partial charge on any atom is 0.276 e. The Morgan fingerprint density at radius 3 is 2.40 bits per heavy atom. The molecule has 0 saturated carbocycles. The molecule has 0 heterocycles. The highest BCUT2D eigenvalue weighted by Gasteiger charge is 2.15. The molecule has 2 N–H and O–H groups in total. The van der Waals surface area contributed by atoms with E-state index < -0.39 is 10.0 Å². The van der Waals surface area contributed by atoms with Crippen molar-refractivity contribution in [3.05, 3.63) is 72.3 Å². The Kier molecular flexibility index (Phi) is 4.72. The zero-order valence-electron chi connectivity index (χ0n) is 13.7. The van der Waals surface area contributed by atoms with Gasteiger partial charge in [0.1, 0.15) is 5.75 Å². The van der Waals surface area contributed by atoms with Gasteiger partial charge in [0, 0.05) is 5.56 Å². The van der Waals surface area contributed by atoms with Crippen LogP contribution in [-0.4, -0.2) is 19.2 Å². The van der Waals surface area contributed by atoms with Crippen LogP contribution in [0.5, 0.6) is 5.75 Å². The van der Waals surface area contributed by atoms with Gasteiger partial charge in [0.2, 0.25) is 0 Å². The Labute approximate surface area is 146 Å². The fraction of sp³-hybridized carbons (Fsp3) is 0.105. The summed E-state index contributed by atoms with van der Waals surface area (Å²) >= 11 is 0. The molecule has 0 aromatic heterocycles. The quantitative estimate of drug-likeness (QED) is 0.542. The molecule has 0 amide bonds. The Bertz CT molecular complexity index is 1040. The van der Waals surface area contributed by atoms with Gasteiger partial charge in [-0.05, 0) is 41.5 Å². The van der Waals surface area contributed by atoms with Crippen molar-refractivity contribution in [2.45, 2.75) is 18.2 Å². The number of hydrazone groups is 1. The lowest BCUT2D eigenvalue weighted by atomic mass is 10.1. The van der Waals surface area contributed by atoms with Crippen LogP contribution in [-0.2, 0) is 10.0 Å². The van der Waals surface area contributed by atoms with E-state index in [0.29, 0.717) is 17.7 Å². The molecule has 3 aromatic carbocycles. The van der Waals surface area contributed by atoms with Crippen LogP contribution >= 0.6 is 0 Å². The van der Waals surface area contributed by atoms with E-state index in [4.69, 9.17) is 0 Å². The number of nitrogens with one attached hydrogen (secondary N) is 1. The molecule has 25 heavy (non-hydrogen) atoms. The smallest absolute Gasteiger partial charge is 0.276 e. The van der Waals surface area contributed by atoms with Crippen LogP contribution in [0.15, 0.2) is 76.7 Å². The number of fused-ring (bicyclic) bond motifs is 1. The highest BCUT2D eigenvalue weighted by atomic mass is 32.2. The zero-order chi connectivity index (χ0) is 17.9. The largest absolute Gasteiger partial charge is 0.507 e. The maximum atomic E-state index is 12.5. The molecular formula is C19H18N2O3S. The first kappa shape index (κ1) is 17.0. The van der Waals surface area contributed by atoms with E-state index in [0.717, 1.165) is 10.8 Å². The molecular weight excluding hydrogens is 336 g/mol. The van der Waals surface area contributed by atoms with Gasteiger partial charge in [-0.3, -0.25) is 0 Å². The molecule has 5 nitrogen and oxygen atoms in total. The highest BCUT2D eigenvalue weighted by molar-refractivity contribution is 7.89. The molecule has 0 bridgehead atoms. The van der Waals surface area contributed by atoms with Gasteiger partial charge in [-0.25, -0.2) is 0 Å². The number of aromatic hydroxyl groups is 1. The van der Waals surface area contributed by atoms with Crippen molar-refractivity contribution in [1.29, 1.82) is 0 Å². The third-order valence-electron chi connectivity index (χ3n) is 3.88. The number of hydrogen-bond donors (Lipinski definition) is 2. The summed E-state index contributed by atoms with van der Waals surface area (Å²) in [7, 11) is -3.80. The van der Waals surface area contributed by atoms with E-state index in [1.54, 1.807) is 42.5 Å². The number of phenolic OH excluding ortho intramolecular Hbond substituents is 1. The number of sulfonamides is 1. The molecule has 0 fully saturated rings. The summed E-state index contributed by atoms with van der Waals surface area (Å²) in [6.45, 7) is 1.84. The molecule has 3 aromatic rings. The number of hydrogen-bond acceptors (Lipinski definition) is 4. The summed E-state index contributed by atoms with van der Waals surface area (Å²) in [5.41, 5.74) is 0.966. The number of rotatable bonds is 5. The molecule has 6 heteroatoms.